The van der Waals surface area contributed by atoms with E-state index in [4.69, 9.17) is 9.47 Å². The van der Waals surface area contributed by atoms with E-state index in [1.807, 2.05) is 30.5 Å². The zero-order valence-corrected chi connectivity index (χ0v) is 13.9. The van der Waals surface area contributed by atoms with Crippen LogP contribution < -0.4 is 14.8 Å². The first-order chi connectivity index (χ1) is 11.7. The maximum Gasteiger partial charge on any atom is 0.161 e. The van der Waals surface area contributed by atoms with Gasteiger partial charge in [0.15, 0.2) is 11.5 Å². The molecule has 1 aromatic heterocycles. The fourth-order valence-electron chi connectivity index (χ4n) is 2.81. The van der Waals surface area contributed by atoms with Crippen LogP contribution in [0.2, 0.25) is 0 Å². The van der Waals surface area contributed by atoms with Crippen LogP contribution in [0.5, 0.6) is 11.5 Å². The lowest BCUT2D eigenvalue weighted by Crippen LogP contribution is -2.16. The molecule has 3 aromatic rings. The van der Waals surface area contributed by atoms with Gasteiger partial charge in [0.1, 0.15) is 5.82 Å². The number of fused-ring (bicyclic) bond motifs is 1. The number of aromatic amines is 1. The van der Waals surface area contributed by atoms with Crippen LogP contribution in [-0.2, 0) is 13.0 Å². The van der Waals surface area contributed by atoms with Crippen LogP contribution in [0.1, 0.15) is 11.1 Å². The van der Waals surface area contributed by atoms with E-state index in [1.54, 1.807) is 14.2 Å². The topological polar surface area (TPSA) is 46.3 Å². The Hall–Kier alpha value is -2.53. The molecule has 24 heavy (non-hydrogen) atoms. The monoisotopic (exact) mass is 328 g/mol. The third-order valence-electron chi connectivity index (χ3n) is 4.08. The van der Waals surface area contributed by atoms with Gasteiger partial charge in [-0.25, -0.2) is 4.39 Å². The van der Waals surface area contributed by atoms with Gasteiger partial charge < -0.3 is 19.8 Å². The summed E-state index contributed by atoms with van der Waals surface area (Å²) in [5.41, 5.74) is 3.16. The van der Waals surface area contributed by atoms with Crippen molar-refractivity contribution in [1.82, 2.24) is 10.3 Å². The molecule has 2 N–H and O–H groups in total. The zero-order valence-electron chi connectivity index (χ0n) is 13.9. The van der Waals surface area contributed by atoms with Crippen molar-refractivity contribution in [3.8, 4) is 11.5 Å². The lowest BCUT2D eigenvalue weighted by Gasteiger charge is -2.10. The van der Waals surface area contributed by atoms with Crippen molar-refractivity contribution >= 4 is 10.9 Å². The second-order valence-electron chi connectivity index (χ2n) is 5.62. The molecule has 3 rings (SSSR count). The molecule has 0 amide bonds. The van der Waals surface area contributed by atoms with Crippen molar-refractivity contribution in [1.29, 1.82) is 0 Å². The van der Waals surface area contributed by atoms with E-state index >= 15 is 0 Å². The van der Waals surface area contributed by atoms with Crippen molar-refractivity contribution in [3.63, 3.8) is 0 Å². The average Bonchev–Trinajstić information content (AvgIpc) is 3.00. The summed E-state index contributed by atoms with van der Waals surface area (Å²) in [6, 6.07) is 10.7. The van der Waals surface area contributed by atoms with E-state index in [0.29, 0.717) is 0 Å². The SMILES string of the molecule is COc1ccc(CNCCc2c[nH]c3cc(F)ccc23)cc1OC. The van der Waals surface area contributed by atoms with Crippen molar-refractivity contribution in [2.24, 2.45) is 0 Å². The highest BCUT2D eigenvalue weighted by molar-refractivity contribution is 5.83. The first kappa shape index (κ1) is 16.3. The van der Waals surface area contributed by atoms with Crippen LogP contribution in [0.15, 0.2) is 42.6 Å². The number of halogens is 1. The molecule has 2 aromatic carbocycles. The lowest BCUT2D eigenvalue weighted by molar-refractivity contribution is 0.354. The Labute approximate surface area is 140 Å². The maximum absolute atomic E-state index is 13.2. The molecule has 0 atom stereocenters. The minimum atomic E-state index is -0.220. The fourth-order valence-corrected chi connectivity index (χ4v) is 2.81. The van der Waals surface area contributed by atoms with Crippen molar-refractivity contribution in [2.75, 3.05) is 20.8 Å². The minimum absolute atomic E-state index is 0.220. The van der Waals surface area contributed by atoms with Crippen LogP contribution >= 0.6 is 0 Å². The highest BCUT2D eigenvalue weighted by Gasteiger charge is 2.06. The van der Waals surface area contributed by atoms with Crippen LogP contribution in [0.3, 0.4) is 0 Å². The van der Waals surface area contributed by atoms with Crippen molar-refractivity contribution in [2.45, 2.75) is 13.0 Å². The highest BCUT2D eigenvalue weighted by Crippen LogP contribution is 2.27. The summed E-state index contributed by atoms with van der Waals surface area (Å²) in [4.78, 5) is 3.12. The summed E-state index contributed by atoms with van der Waals surface area (Å²) in [7, 11) is 3.26. The Morgan fingerprint density at radius 2 is 1.88 bits per heavy atom. The van der Waals surface area contributed by atoms with Crippen LogP contribution in [0.25, 0.3) is 10.9 Å². The summed E-state index contributed by atoms with van der Waals surface area (Å²) in [5, 5.41) is 4.49. The molecule has 0 fully saturated rings. The predicted octanol–water partition coefficient (Wildman–Crippen LogP) is 3.66. The third kappa shape index (κ3) is 3.51. The second-order valence-corrected chi connectivity index (χ2v) is 5.62. The van der Waals surface area contributed by atoms with Gasteiger partial charge in [-0.2, -0.15) is 0 Å². The summed E-state index contributed by atoms with van der Waals surface area (Å²) < 4.78 is 23.8. The number of nitrogens with one attached hydrogen (secondary N) is 2. The van der Waals surface area contributed by atoms with Crippen LogP contribution in [0.4, 0.5) is 4.39 Å². The normalized spacial score (nSPS) is 11.0. The Balaban J connectivity index is 1.57. The molecule has 0 saturated heterocycles. The number of hydrogen-bond donors (Lipinski definition) is 2. The van der Waals surface area contributed by atoms with E-state index in [-0.39, 0.29) is 5.82 Å². The van der Waals surface area contributed by atoms with E-state index < -0.39 is 0 Å². The standard InChI is InChI=1S/C19H21FN2O2/c1-23-18-6-3-13(9-19(18)24-2)11-21-8-7-14-12-22-17-10-15(20)4-5-16(14)17/h3-6,9-10,12,21-22H,7-8,11H2,1-2H3. The molecule has 0 aliphatic carbocycles. The molecule has 0 saturated carbocycles. The first-order valence-corrected chi connectivity index (χ1v) is 7.88. The van der Waals surface area contributed by atoms with E-state index in [9.17, 15) is 4.39 Å². The largest absolute Gasteiger partial charge is 0.493 e. The highest BCUT2D eigenvalue weighted by atomic mass is 19.1. The smallest absolute Gasteiger partial charge is 0.161 e. The minimum Gasteiger partial charge on any atom is -0.493 e. The van der Waals surface area contributed by atoms with Crippen LogP contribution in [0, 0.1) is 5.82 Å². The van der Waals surface area contributed by atoms with Crippen LogP contribution in [-0.4, -0.2) is 25.7 Å². The molecular formula is C19H21FN2O2. The number of hydrogen-bond acceptors (Lipinski definition) is 3. The predicted molar refractivity (Wildman–Crippen MR) is 93.2 cm³/mol. The van der Waals surface area contributed by atoms with Gasteiger partial charge in [0.2, 0.25) is 0 Å². The number of ether oxygens (including phenoxy) is 2. The molecule has 1 heterocycles. The lowest BCUT2D eigenvalue weighted by atomic mass is 10.1. The fraction of sp³-hybridized carbons (Fsp3) is 0.263. The molecule has 126 valence electrons. The molecule has 4 nitrogen and oxygen atoms in total. The number of methoxy groups -OCH3 is 2. The Kier molecular flexibility index (Phi) is 5.01. The molecular weight excluding hydrogens is 307 g/mol. The number of rotatable bonds is 7. The second kappa shape index (κ2) is 7.36. The van der Waals surface area contributed by atoms with E-state index in [0.717, 1.165) is 47.5 Å². The van der Waals surface area contributed by atoms with E-state index in [1.165, 1.54) is 17.7 Å². The number of benzene rings is 2. The van der Waals surface area contributed by atoms with Gasteiger partial charge in [-0.3, -0.25) is 0 Å². The summed E-state index contributed by atoms with van der Waals surface area (Å²) >= 11 is 0. The first-order valence-electron chi connectivity index (χ1n) is 7.88. The van der Waals surface area contributed by atoms with Gasteiger partial charge in [-0.05, 0) is 54.4 Å². The molecule has 0 bridgehead atoms. The number of H-pyrrole nitrogens is 1. The molecule has 0 unspecified atom stereocenters. The van der Waals surface area contributed by atoms with E-state index in [2.05, 4.69) is 10.3 Å². The van der Waals surface area contributed by atoms with Crippen molar-refractivity contribution in [3.05, 3.63) is 59.5 Å². The third-order valence-corrected chi connectivity index (χ3v) is 4.08. The summed E-state index contributed by atoms with van der Waals surface area (Å²) in [6.45, 7) is 1.58. The van der Waals surface area contributed by atoms with Gasteiger partial charge in [0, 0.05) is 23.6 Å². The van der Waals surface area contributed by atoms with Gasteiger partial charge in [0.25, 0.3) is 0 Å². The van der Waals surface area contributed by atoms with Gasteiger partial charge in [-0.15, -0.1) is 0 Å². The van der Waals surface area contributed by atoms with Gasteiger partial charge >= 0.3 is 0 Å². The average molecular weight is 328 g/mol. The molecule has 0 aliphatic rings. The van der Waals surface area contributed by atoms with Crippen molar-refractivity contribution < 1.29 is 13.9 Å². The van der Waals surface area contributed by atoms with Gasteiger partial charge in [-0.1, -0.05) is 6.07 Å². The molecule has 0 aliphatic heterocycles. The quantitative estimate of drug-likeness (QED) is 0.651. The zero-order chi connectivity index (χ0) is 16.9. The molecule has 0 radical (unpaired) electrons. The number of aromatic nitrogens is 1. The molecule has 0 spiro atoms. The van der Waals surface area contributed by atoms with Gasteiger partial charge in [0.05, 0.1) is 14.2 Å². The maximum atomic E-state index is 13.2. The Bertz CT molecular complexity index is 829. The summed E-state index contributed by atoms with van der Waals surface area (Å²) in [5.74, 6) is 1.24. The summed E-state index contributed by atoms with van der Waals surface area (Å²) in [6.07, 6.45) is 2.82. The Morgan fingerprint density at radius 1 is 1.04 bits per heavy atom. The Morgan fingerprint density at radius 3 is 2.67 bits per heavy atom. The molecule has 5 heteroatoms.